The summed E-state index contributed by atoms with van der Waals surface area (Å²) in [7, 11) is 0. The molecule has 0 spiro atoms. The Bertz CT molecular complexity index is 1320. The van der Waals surface area contributed by atoms with Crippen LogP contribution in [0.2, 0.25) is 0 Å². The van der Waals surface area contributed by atoms with E-state index in [1.54, 1.807) is 6.33 Å². The van der Waals surface area contributed by atoms with Gasteiger partial charge >= 0.3 is 0 Å². The third kappa shape index (κ3) is 8.06. The van der Waals surface area contributed by atoms with E-state index in [4.69, 9.17) is 14.7 Å². The van der Waals surface area contributed by atoms with Gasteiger partial charge in [0.1, 0.15) is 12.2 Å². The van der Waals surface area contributed by atoms with Gasteiger partial charge in [0.05, 0.1) is 37.1 Å². The molecule has 0 radical (unpaired) electrons. The van der Waals surface area contributed by atoms with Gasteiger partial charge in [-0.3, -0.25) is 0 Å². The molecule has 0 N–H and O–H groups in total. The Balaban J connectivity index is 1.11. The summed E-state index contributed by atoms with van der Waals surface area (Å²) in [5.74, 6) is 1.96. The number of nitrogens with zero attached hydrogens (tertiary/aromatic N) is 7. The smallest absolute Gasteiger partial charge is 0.165 e. The monoisotopic (exact) mass is 559 g/mol. The quantitative estimate of drug-likeness (QED) is 0.117. The Labute approximate surface area is 245 Å². The highest BCUT2D eigenvalue weighted by molar-refractivity contribution is 5.83. The standard InChI is InChI=1S/C33H49N7O/c1-2-3-4-5-6-7-8-9-10-11-12-13-14-17-20-40-29-19-16-15-18-28(29)37-30(40)25-39-27-36-31-32(34-26-35-33(31)39)38-21-23-41-24-22-38/h15-16,18-19,26-27H,2-14,17,20-25H2,1H3. The molecule has 8 heteroatoms. The van der Waals surface area contributed by atoms with Crippen molar-refractivity contribution in [2.45, 2.75) is 110 Å². The third-order valence-corrected chi connectivity index (χ3v) is 8.47. The zero-order valence-electron chi connectivity index (χ0n) is 25.1. The first-order valence-corrected chi connectivity index (χ1v) is 16.3. The van der Waals surface area contributed by atoms with Gasteiger partial charge in [0.15, 0.2) is 17.0 Å². The van der Waals surface area contributed by atoms with Crippen LogP contribution in [0.3, 0.4) is 0 Å². The van der Waals surface area contributed by atoms with E-state index < -0.39 is 0 Å². The second-order valence-corrected chi connectivity index (χ2v) is 11.6. The fraction of sp³-hybridized carbons (Fsp3) is 0.636. The van der Waals surface area contributed by atoms with E-state index in [-0.39, 0.29) is 0 Å². The first kappa shape index (κ1) is 29.5. The van der Waals surface area contributed by atoms with Gasteiger partial charge in [0.2, 0.25) is 0 Å². The van der Waals surface area contributed by atoms with Crippen molar-refractivity contribution in [2.75, 3.05) is 31.2 Å². The number of imidazole rings is 2. The largest absolute Gasteiger partial charge is 0.378 e. The van der Waals surface area contributed by atoms with Gasteiger partial charge < -0.3 is 18.8 Å². The fourth-order valence-corrected chi connectivity index (χ4v) is 6.10. The average Bonchev–Trinajstić information content (AvgIpc) is 3.58. The van der Waals surface area contributed by atoms with Crippen molar-refractivity contribution in [3.05, 3.63) is 42.7 Å². The lowest BCUT2D eigenvalue weighted by atomic mass is 10.0. The highest BCUT2D eigenvalue weighted by atomic mass is 16.5. The normalized spacial score (nSPS) is 14.0. The SMILES string of the molecule is CCCCCCCCCCCCCCCCn1c(Cn2cnc3c(N4CCOCC4)ncnc32)nc2ccccc21. The van der Waals surface area contributed by atoms with Gasteiger partial charge in [-0.2, -0.15) is 0 Å². The number of unbranched alkanes of at least 4 members (excludes halogenated alkanes) is 13. The van der Waals surface area contributed by atoms with Crippen LogP contribution in [0.25, 0.3) is 22.2 Å². The molecule has 3 aromatic heterocycles. The summed E-state index contributed by atoms with van der Waals surface area (Å²) in [6.07, 6.45) is 22.8. The minimum absolute atomic E-state index is 0.642. The number of anilines is 1. The lowest BCUT2D eigenvalue weighted by molar-refractivity contribution is 0.122. The molecule has 8 nitrogen and oxygen atoms in total. The van der Waals surface area contributed by atoms with Gasteiger partial charge in [-0.15, -0.1) is 0 Å². The van der Waals surface area contributed by atoms with Crippen LogP contribution in [-0.2, 0) is 17.8 Å². The predicted octanol–water partition coefficient (Wildman–Crippen LogP) is 7.54. The Kier molecular flexibility index (Phi) is 11.4. The van der Waals surface area contributed by atoms with Crippen LogP contribution in [0.15, 0.2) is 36.9 Å². The molecule has 0 amide bonds. The van der Waals surface area contributed by atoms with E-state index in [0.717, 1.165) is 61.2 Å². The van der Waals surface area contributed by atoms with E-state index >= 15 is 0 Å². The third-order valence-electron chi connectivity index (χ3n) is 8.47. The Hall–Kier alpha value is -3.00. The molecule has 0 unspecified atom stereocenters. The van der Waals surface area contributed by atoms with Crippen LogP contribution >= 0.6 is 0 Å². The molecule has 0 bridgehead atoms. The summed E-state index contributed by atoms with van der Waals surface area (Å²) >= 11 is 0. The van der Waals surface area contributed by atoms with Crippen LogP contribution in [0.4, 0.5) is 5.82 Å². The molecule has 1 aliphatic rings. The number of para-hydroxylation sites is 2. The van der Waals surface area contributed by atoms with E-state index in [2.05, 4.69) is 55.2 Å². The van der Waals surface area contributed by atoms with Gasteiger partial charge in [-0.05, 0) is 18.6 Å². The fourth-order valence-electron chi connectivity index (χ4n) is 6.10. The van der Waals surface area contributed by atoms with Crippen LogP contribution in [0.1, 0.15) is 103 Å². The number of morpholine rings is 1. The second kappa shape index (κ2) is 15.9. The first-order chi connectivity index (χ1) is 20.3. The van der Waals surface area contributed by atoms with Gasteiger partial charge in [-0.25, -0.2) is 19.9 Å². The van der Waals surface area contributed by atoms with E-state index in [9.17, 15) is 0 Å². The van der Waals surface area contributed by atoms with Crippen LogP contribution in [-0.4, -0.2) is 55.4 Å². The Morgan fingerprint density at radius 3 is 2.12 bits per heavy atom. The van der Waals surface area contributed by atoms with Crippen molar-refractivity contribution in [3.8, 4) is 0 Å². The highest BCUT2D eigenvalue weighted by Gasteiger charge is 2.19. The number of fused-ring (bicyclic) bond motifs is 2. The highest BCUT2D eigenvalue weighted by Crippen LogP contribution is 2.24. The molecular weight excluding hydrogens is 510 g/mol. The van der Waals surface area contributed by atoms with Crippen molar-refractivity contribution in [1.29, 1.82) is 0 Å². The molecule has 4 heterocycles. The van der Waals surface area contributed by atoms with Crippen LogP contribution in [0, 0.1) is 0 Å². The summed E-state index contributed by atoms with van der Waals surface area (Å²) in [4.78, 5) is 21.2. The van der Waals surface area contributed by atoms with E-state index in [1.165, 1.54) is 95.4 Å². The molecule has 1 fully saturated rings. The number of hydrogen-bond donors (Lipinski definition) is 0. The van der Waals surface area contributed by atoms with Crippen molar-refractivity contribution in [2.24, 2.45) is 0 Å². The maximum absolute atomic E-state index is 5.53. The van der Waals surface area contributed by atoms with Crippen molar-refractivity contribution in [3.63, 3.8) is 0 Å². The Morgan fingerprint density at radius 2 is 1.41 bits per heavy atom. The molecule has 41 heavy (non-hydrogen) atoms. The maximum atomic E-state index is 5.53. The number of rotatable bonds is 18. The minimum atomic E-state index is 0.642. The predicted molar refractivity (Wildman–Crippen MR) is 168 cm³/mol. The summed E-state index contributed by atoms with van der Waals surface area (Å²) in [5.41, 5.74) is 3.98. The summed E-state index contributed by atoms with van der Waals surface area (Å²) < 4.78 is 10.1. The number of aryl methyl sites for hydroxylation is 1. The lowest BCUT2D eigenvalue weighted by Crippen LogP contribution is -2.36. The zero-order valence-corrected chi connectivity index (χ0v) is 25.1. The molecule has 1 aliphatic heterocycles. The number of aromatic nitrogens is 6. The molecular formula is C33H49N7O. The topological polar surface area (TPSA) is 73.9 Å². The average molecular weight is 560 g/mol. The van der Waals surface area contributed by atoms with E-state index in [0.29, 0.717) is 6.54 Å². The number of benzene rings is 1. The van der Waals surface area contributed by atoms with Gasteiger partial charge in [0, 0.05) is 19.6 Å². The van der Waals surface area contributed by atoms with Gasteiger partial charge in [0.25, 0.3) is 0 Å². The molecule has 0 atom stereocenters. The molecule has 4 aromatic rings. The summed E-state index contributed by atoms with van der Waals surface area (Å²) in [6.45, 7) is 7.02. The molecule has 1 saturated heterocycles. The van der Waals surface area contributed by atoms with Crippen LogP contribution < -0.4 is 4.90 Å². The first-order valence-electron chi connectivity index (χ1n) is 16.3. The van der Waals surface area contributed by atoms with Crippen LogP contribution in [0.5, 0.6) is 0 Å². The van der Waals surface area contributed by atoms with Crippen molar-refractivity contribution >= 4 is 28.0 Å². The molecule has 0 aliphatic carbocycles. The molecule has 0 saturated carbocycles. The van der Waals surface area contributed by atoms with Crippen molar-refractivity contribution < 1.29 is 4.74 Å². The summed E-state index contributed by atoms with van der Waals surface area (Å²) in [5, 5.41) is 0. The number of hydrogen-bond acceptors (Lipinski definition) is 6. The number of ether oxygens (including phenoxy) is 1. The lowest BCUT2D eigenvalue weighted by Gasteiger charge is -2.27. The van der Waals surface area contributed by atoms with Gasteiger partial charge in [-0.1, -0.05) is 103 Å². The second-order valence-electron chi connectivity index (χ2n) is 11.6. The maximum Gasteiger partial charge on any atom is 0.165 e. The molecule has 5 rings (SSSR count). The zero-order chi connectivity index (χ0) is 28.1. The Morgan fingerprint density at radius 1 is 0.756 bits per heavy atom. The molecule has 1 aromatic carbocycles. The van der Waals surface area contributed by atoms with Crippen molar-refractivity contribution in [1.82, 2.24) is 29.1 Å². The van der Waals surface area contributed by atoms with E-state index in [1.807, 2.05) is 6.33 Å². The molecule has 222 valence electrons. The summed E-state index contributed by atoms with van der Waals surface area (Å²) in [6, 6.07) is 8.50. The minimum Gasteiger partial charge on any atom is -0.378 e.